The van der Waals surface area contributed by atoms with Crippen molar-refractivity contribution in [3.05, 3.63) is 11.7 Å². The molecule has 4 heterocycles. The van der Waals surface area contributed by atoms with E-state index in [0.717, 1.165) is 19.5 Å². The minimum Gasteiger partial charge on any atom is -0.338 e. The topological polar surface area (TPSA) is 45.4 Å². The monoisotopic (exact) mass is 262 g/mol. The van der Waals surface area contributed by atoms with Crippen LogP contribution >= 0.6 is 0 Å². The number of nitrogens with zero attached hydrogens (tertiary/aromatic N) is 4. The predicted molar refractivity (Wildman–Crippen MR) is 54.5 cm³/mol. The Kier molecular flexibility index (Phi) is 2.60. The Labute approximate surface area is 102 Å². The average Bonchev–Trinajstić information content (AvgIpc) is 2.73. The van der Waals surface area contributed by atoms with Crippen LogP contribution in [0.25, 0.3) is 0 Å². The molecule has 2 unspecified atom stereocenters. The smallest absolute Gasteiger partial charge is 0.338 e. The summed E-state index contributed by atoms with van der Waals surface area (Å²) in [6.07, 6.45) is -3.43. The number of rotatable bonds is 2. The van der Waals surface area contributed by atoms with E-state index < -0.39 is 12.0 Å². The van der Waals surface area contributed by atoms with Gasteiger partial charge in [0.1, 0.15) is 0 Å². The van der Waals surface area contributed by atoms with Crippen molar-refractivity contribution in [2.45, 2.75) is 31.2 Å². The Morgan fingerprint density at radius 2 is 2.00 bits per heavy atom. The number of likely N-dealkylation sites (N-methyl/N-ethyl adjacent to an activating group) is 1. The molecule has 3 fully saturated rings. The zero-order valence-electron chi connectivity index (χ0n) is 9.81. The van der Waals surface area contributed by atoms with Gasteiger partial charge in [0.25, 0.3) is 5.82 Å². The fourth-order valence-electron chi connectivity index (χ4n) is 2.75. The Balaban J connectivity index is 1.66. The zero-order valence-corrected chi connectivity index (χ0v) is 9.81. The van der Waals surface area contributed by atoms with Gasteiger partial charge in [-0.15, -0.1) is 0 Å². The lowest BCUT2D eigenvalue weighted by Gasteiger charge is -2.55. The molecule has 3 aliphatic rings. The van der Waals surface area contributed by atoms with Crippen molar-refractivity contribution in [3.8, 4) is 0 Å². The summed E-state index contributed by atoms with van der Waals surface area (Å²) in [6.45, 7) is 2.19. The first-order valence-corrected chi connectivity index (χ1v) is 5.77. The number of aromatic nitrogens is 2. The van der Waals surface area contributed by atoms with Crippen molar-refractivity contribution in [2.24, 2.45) is 0 Å². The highest BCUT2D eigenvalue weighted by Crippen LogP contribution is 2.33. The lowest BCUT2D eigenvalue weighted by molar-refractivity contribution is -0.146. The summed E-state index contributed by atoms with van der Waals surface area (Å²) in [4.78, 5) is 7.75. The Bertz CT molecular complexity index is 435. The standard InChI is InChI=1S/C10H13F3N4O/c1-16-3-6-2-7(4-16)17(6)5-8-14-9(15-18-8)10(11,12)13/h6-7H,2-5H2,1H3. The second-order valence-electron chi connectivity index (χ2n) is 4.95. The molecular weight excluding hydrogens is 249 g/mol. The third-order valence-corrected chi connectivity index (χ3v) is 3.57. The molecule has 0 saturated carbocycles. The molecule has 1 aromatic heterocycles. The minimum atomic E-state index is -4.53. The molecule has 5 nitrogen and oxygen atoms in total. The first-order chi connectivity index (χ1) is 8.43. The molecule has 2 atom stereocenters. The first-order valence-electron chi connectivity index (χ1n) is 5.77. The van der Waals surface area contributed by atoms with Gasteiger partial charge in [0.05, 0.1) is 6.54 Å². The third-order valence-electron chi connectivity index (χ3n) is 3.57. The van der Waals surface area contributed by atoms with Gasteiger partial charge in [-0.1, -0.05) is 5.16 Å². The van der Waals surface area contributed by atoms with Crippen molar-refractivity contribution in [1.29, 1.82) is 0 Å². The van der Waals surface area contributed by atoms with Crippen LogP contribution in [0.2, 0.25) is 0 Å². The second-order valence-corrected chi connectivity index (χ2v) is 4.95. The van der Waals surface area contributed by atoms with Gasteiger partial charge in [0.15, 0.2) is 0 Å². The van der Waals surface area contributed by atoms with Crippen molar-refractivity contribution in [3.63, 3.8) is 0 Å². The molecule has 1 aromatic rings. The highest BCUT2D eigenvalue weighted by Gasteiger charge is 2.44. The fraction of sp³-hybridized carbons (Fsp3) is 0.800. The Morgan fingerprint density at radius 1 is 1.33 bits per heavy atom. The lowest BCUT2D eigenvalue weighted by Crippen LogP contribution is -2.67. The molecule has 3 saturated heterocycles. The van der Waals surface area contributed by atoms with Crippen molar-refractivity contribution in [1.82, 2.24) is 19.9 Å². The van der Waals surface area contributed by atoms with Crippen LogP contribution < -0.4 is 0 Å². The van der Waals surface area contributed by atoms with Crippen LogP contribution in [0.3, 0.4) is 0 Å². The molecule has 3 aliphatic heterocycles. The van der Waals surface area contributed by atoms with E-state index in [9.17, 15) is 13.2 Å². The molecule has 100 valence electrons. The van der Waals surface area contributed by atoms with Crippen LogP contribution in [-0.2, 0) is 12.7 Å². The van der Waals surface area contributed by atoms with Crippen molar-refractivity contribution in [2.75, 3.05) is 20.1 Å². The van der Waals surface area contributed by atoms with Crippen LogP contribution in [-0.4, -0.2) is 52.2 Å². The maximum absolute atomic E-state index is 12.3. The molecule has 0 N–H and O–H groups in total. The number of fused-ring (bicyclic) bond motifs is 2. The molecular formula is C10H13F3N4O. The van der Waals surface area contributed by atoms with E-state index in [-0.39, 0.29) is 5.89 Å². The average molecular weight is 262 g/mol. The summed E-state index contributed by atoms with van der Waals surface area (Å²) < 4.78 is 41.6. The summed E-state index contributed by atoms with van der Waals surface area (Å²) in [5, 5.41) is 2.96. The number of piperidine rings is 1. The van der Waals surface area contributed by atoms with E-state index in [2.05, 4.69) is 24.5 Å². The number of alkyl halides is 3. The third kappa shape index (κ3) is 1.99. The maximum Gasteiger partial charge on any atom is 0.455 e. The summed E-state index contributed by atoms with van der Waals surface area (Å²) in [6, 6.07) is 0.796. The number of piperazine rings is 1. The zero-order chi connectivity index (χ0) is 12.9. The van der Waals surface area contributed by atoms with E-state index in [1.165, 1.54) is 0 Å². The van der Waals surface area contributed by atoms with Gasteiger partial charge in [0, 0.05) is 25.2 Å². The van der Waals surface area contributed by atoms with Crippen molar-refractivity contribution < 1.29 is 17.7 Å². The quantitative estimate of drug-likeness (QED) is 0.795. The molecule has 0 spiro atoms. The van der Waals surface area contributed by atoms with E-state index in [4.69, 9.17) is 0 Å². The predicted octanol–water partition coefficient (Wildman–Crippen LogP) is 0.977. The van der Waals surface area contributed by atoms with E-state index in [0.29, 0.717) is 18.6 Å². The maximum atomic E-state index is 12.3. The van der Waals surface area contributed by atoms with Gasteiger partial charge < -0.3 is 9.42 Å². The van der Waals surface area contributed by atoms with Crippen molar-refractivity contribution >= 4 is 0 Å². The summed E-state index contributed by atoms with van der Waals surface area (Å²) in [7, 11) is 2.05. The molecule has 0 aliphatic carbocycles. The number of hydrogen-bond acceptors (Lipinski definition) is 5. The van der Waals surface area contributed by atoms with Crippen LogP contribution in [0.4, 0.5) is 13.2 Å². The fourth-order valence-corrected chi connectivity index (χ4v) is 2.75. The van der Waals surface area contributed by atoms with E-state index in [1.54, 1.807) is 0 Å². The van der Waals surface area contributed by atoms with E-state index in [1.807, 2.05) is 7.05 Å². The normalized spacial score (nSPS) is 29.3. The first kappa shape index (κ1) is 11.9. The van der Waals surface area contributed by atoms with Crippen LogP contribution in [0.15, 0.2) is 4.52 Å². The molecule has 0 radical (unpaired) electrons. The van der Waals surface area contributed by atoms with Crippen LogP contribution in [0.5, 0.6) is 0 Å². The molecule has 4 rings (SSSR count). The van der Waals surface area contributed by atoms with Gasteiger partial charge >= 0.3 is 6.18 Å². The SMILES string of the molecule is CN1CC2CC(C1)N2Cc1nc(C(F)(F)F)no1. The minimum absolute atomic E-state index is 0.0431. The number of hydrogen-bond donors (Lipinski definition) is 0. The van der Waals surface area contributed by atoms with Gasteiger partial charge in [0.2, 0.25) is 5.89 Å². The Morgan fingerprint density at radius 3 is 2.56 bits per heavy atom. The second kappa shape index (κ2) is 3.92. The summed E-state index contributed by atoms with van der Waals surface area (Å²) in [5.41, 5.74) is 0. The van der Waals surface area contributed by atoms with Gasteiger partial charge in [-0.05, 0) is 13.5 Å². The highest BCUT2D eigenvalue weighted by atomic mass is 19.4. The number of halogens is 3. The highest BCUT2D eigenvalue weighted by molar-refractivity contribution is 5.02. The molecule has 0 amide bonds. The molecule has 18 heavy (non-hydrogen) atoms. The van der Waals surface area contributed by atoms with Gasteiger partial charge in [-0.25, -0.2) is 0 Å². The largest absolute Gasteiger partial charge is 0.455 e. The molecule has 2 bridgehead atoms. The lowest BCUT2D eigenvalue weighted by atomic mass is 9.88. The van der Waals surface area contributed by atoms with Crippen LogP contribution in [0.1, 0.15) is 18.1 Å². The van der Waals surface area contributed by atoms with Gasteiger partial charge in [-0.3, -0.25) is 4.90 Å². The molecule has 8 heteroatoms. The summed E-state index contributed by atoms with van der Waals surface area (Å²) in [5.74, 6) is -1.15. The van der Waals surface area contributed by atoms with E-state index >= 15 is 0 Å². The van der Waals surface area contributed by atoms with Gasteiger partial charge in [-0.2, -0.15) is 18.2 Å². The summed E-state index contributed by atoms with van der Waals surface area (Å²) >= 11 is 0. The Hall–Kier alpha value is -1.15. The van der Waals surface area contributed by atoms with Crippen LogP contribution in [0, 0.1) is 0 Å². The molecule has 0 aromatic carbocycles.